The summed E-state index contributed by atoms with van der Waals surface area (Å²) in [5.41, 5.74) is 1.74. The molecule has 1 aromatic heterocycles. The van der Waals surface area contributed by atoms with Gasteiger partial charge in [-0.2, -0.15) is 0 Å². The van der Waals surface area contributed by atoms with Crippen molar-refractivity contribution in [3.8, 4) is 0 Å². The summed E-state index contributed by atoms with van der Waals surface area (Å²) in [6, 6.07) is 5.33. The smallest absolute Gasteiger partial charge is 0.0799 e. The molecule has 0 aliphatic rings. The Morgan fingerprint density at radius 1 is 1.29 bits per heavy atom. The number of aromatic nitrogens is 3. The zero-order chi connectivity index (χ0) is 12.4. The second-order valence-corrected chi connectivity index (χ2v) is 4.45. The van der Waals surface area contributed by atoms with Crippen LogP contribution in [-0.2, 0) is 7.05 Å². The fourth-order valence-corrected chi connectivity index (χ4v) is 2.40. The van der Waals surface area contributed by atoms with Crippen molar-refractivity contribution in [1.29, 1.82) is 0 Å². The molecule has 0 saturated carbocycles. The predicted octanol–water partition coefficient (Wildman–Crippen LogP) is 2.43. The van der Waals surface area contributed by atoms with Crippen molar-refractivity contribution in [1.82, 2.24) is 20.3 Å². The van der Waals surface area contributed by atoms with Crippen molar-refractivity contribution >= 4 is 23.2 Å². The van der Waals surface area contributed by atoms with E-state index in [9.17, 15) is 0 Å². The third-order valence-electron chi connectivity index (χ3n) is 2.62. The summed E-state index contributed by atoms with van der Waals surface area (Å²) in [4.78, 5) is 0. The van der Waals surface area contributed by atoms with Gasteiger partial charge in [0.25, 0.3) is 0 Å². The minimum Gasteiger partial charge on any atom is -0.308 e. The highest BCUT2D eigenvalue weighted by Gasteiger charge is 2.21. The van der Waals surface area contributed by atoms with E-state index in [1.807, 2.05) is 32.3 Å². The lowest BCUT2D eigenvalue weighted by atomic mass is 10.0. The van der Waals surface area contributed by atoms with Crippen LogP contribution in [0.4, 0.5) is 0 Å². The van der Waals surface area contributed by atoms with Crippen molar-refractivity contribution < 1.29 is 0 Å². The van der Waals surface area contributed by atoms with E-state index in [1.165, 1.54) is 0 Å². The molecule has 1 N–H and O–H groups in total. The van der Waals surface area contributed by atoms with E-state index in [0.717, 1.165) is 11.3 Å². The van der Waals surface area contributed by atoms with Crippen LogP contribution in [0.1, 0.15) is 17.3 Å². The van der Waals surface area contributed by atoms with Crippen LogP contribution < -0.4 is 5.32 Å². The molecule has 1 atom stereocenters. The van der Waals surface area contributed by atoms with Gasteiger partial charge in [0.2, 0.25) is 0 Å². The molecule has 0 aliphatic carbocycles. The molecule has 90 valence electrons. The molecule has 1 heterocycles. The third-order valence-corrected chi connectivity index (χ3v) is 3.28. The van der Waals surface area contributed by atoms with E-state index < -0.39 is 0 Å². The summed E-state index contributed by atoms with van der Waals surface area (Å²) >= 11 is 12.4. The number of halogens is 2. The summed E-state index contributed by atoms with van der Waals surface area (Å²) in [6.07, 6.45) is 1.70. The first-order chi connectivity index (χ1) is 8.15. The average Bonchev–Trinajstić information content (AvgIpc) is 2.70. The Kier molecular flexibility index (Phi) is 3.66. The zero-order valence-electron chi connectivity index (χ0n) is 9.48. The fraction of sp³-hybridized carbons (Fsp3) is 0.273. The highest BCUT2D eigenvalue weighted by atomic mass is 35.5. The molecular formula is C11H12Cl2N4. The monoisotopic (exact) mass is 270 g/mol. The second kappa shape index (κ2) is 5.04. The number of nitrogens with one attached hydrogen (secondary N) is 1. The largest absolute Gasteiger partial charge is 0.308 e. The fourth-order valence-electron chi connectivity index (χ4n) is 1.79. The van der Waals surface area contributed by atoms with Crippen LogP contribution in [0.15, 0.2) is 24.4 Å². The number of aryl methyl sites for hydroxylation is 1. The SMILES string of the molecule is CNC(c1c(Cl)cccc1Cl)c1cnnn1C. The molecule has 0 saturated heterocycles. The lowest BCUT2D eigenvalue weighted by Gasteiger charge is -2.18. The van der Waals surface area contributed by atoms with Crippen LogP contribution in [0.25, 0.3) is 0 Å². The van der Waals surface area contributed by atoms with E-state index in [1.54, 1.807) is 10.9 Å². The maximum atomic E-state index is 6.20. The lowest BCUT2D eigenvalue weighted by Crippen LogP contribution is -2.21. The van der Waals surface area contributed by atoms with Gasteiger partial charge in [0, 0.05) is 22.7 Å². The molecule has 1 aromatic carbocycles. The van der Waals surface area contributed by atoms with Gasteiger partial charge in [-0.1, -0.05) is 34.5 Å². The van der Waals surface area contributed by atoms with Crippen molar-refractivity contribution in [3.63, 3.8) is 0 Å². The second-order valence-electron chi connectivity index (χ2n) is 3.64. The molecule has 0 spiro atoms. The Labute approximate surface area is 110 Å². The number of hydrogen-bond acceptors (Lipinski definition) is 3. The van der Waals surface area contributed by atoms with E-state index in [0.29, 0.717) is 10.0 Å². The quantitative estimate of drug-likeness (QED) is 0.932. The molecule has 4 nitrogen and oxygen atoms in total. The summed E-state index contributed by atoms with van der Waals surface area (Å²) < 4.78 is 1.70. The van der Waals surface area contributed by atoms with Crippen LogP contribution in [0.5, 0.6) is 0 Å². The van der Waals surface area contributed by atoms with Gasteiger partial charge in [-0.05, 0) is 19.2 Å². The average molecular weight is 271 g/mol. The summed E-state index contributed by atoms with van der Waals surface area (Å²) in [5.74, 6) is 0. The molecule has 0 bridgehead atoms. The molecule has 0 aliphatic heterocycles. The molecule has 2 rings (SSSR count). The maximum Gasteiger partial charge on any atom is 0.0799 e. The molecule has 0 radical (unpaired) electrons. The highest BCUT2D eigenvalue weighted by Crippen LogP contribution is 2.33. The van der Waals surface area contributed by atoms with Gasteiger partial charge >= 0.3 is 0 Å². The predicted molar refractivity (Wildman–Crippen MR) is 68.4 cm³/mol. The Hall–Kier alpha value is -1.10. The lowest BCUT2D eigenvalue weighted by molar-refractivity contribution is 0.598. The van der Waals surface area contributed by atoms with Crippen molar-refractivity contribution in [2.75, 3.05) is 7.05 Å². The van der Waals surface area contributed by atoms with Gasteiger partial charge in [-0.3, -0.25) is 4.68 Å². The topological polar surface area (TPSA) is 42.7 Å². The van der Waals surface area contributed by atoms with Crippen LogP contribution in [0, 0.1) is 0 Å². The van der Waals surface area contributed by atoms with Crippen molar-refractivity contribution in [2.24, 2.45) is 7.05 Å². The number of benzene rings is 1. The summed E-state index contributed by atoms with van der Waals surface area (Å²) in [5, 5.41) is 12.2. The minimum atomic E-state index is -0.129. The summed E-state index contributed by atoms with van der Waals surface area (Å²) in [7, 11) is 3.68. The van der Waals surface area contributed by atoms with Crippen LogP contribution >= 0.6 is 23.2 Å². The summed E-state index contributed by atoms with van der Waals surface area (Å²) in [6.45, 7) is 0. The standard InChI is InChI=1S/C11H12Cl2N4/c1-14-11(9-6-15-16-17(9)2)10-7(12)4-3-5-8(10)13/h3-6,11,14H,1-2H3. The third kappa shape index (κ3) is 2.29. The molecule has 0 fully saturated rings. The molecule has 6 heteroatoms. The van der Waals surface area contributed by atoms with Gasteiger partial charge in [0.05, 0.1) is 17.9 Å². The number of rotatable bonds is 3. The van der Waals surface area contributed by atoms with Gasteiger partial charge in [-0.15, -0.1) is 5.10 Å². The van der Waals surface area contributed by atoms with Gasteiger partial charge in [0.15, 0.2) is 0 Å². The molecule has 1 unspecified atom stereocenters. The van der Waals surface area contributed by atoms with Gasteiger partial charge in [0.1, 0.15) is 0 Å². The normalized spacial score (nSPS) is 12.7. The first kappa shape index (κ1) is 12.4. The Morgan fingerprint density at radius 3 is 2.41 bits per heavy atom. The van der Waals surface area contributed by atoms with Gasteiger partial charge in [-0.25, -0.2) is 0 Å². The molecule has 0 amide bonds. The molecule has 2 aromatic rings. The molecule has 17 heavy (non-hydrogen) atoms. The van der Waals surface area contributed by atoms with E-state index >= 15 is 0 Å². The molecular weight excluding hydrogens is 259 g/mol. The van der Waals surface area contributed by atoms with Crippen molar-refractivity contribution in [3.05, 3.63) is 45.7 Å². The number of hydrogen-bond donors (Lipinski definition) is 1. The van der Waals surface area contributed by atoms with E-state index in [-0.39, 0.29) is 6.04 Å². The van der Waals surface area contributed by atoms with E-state index in [2.05, 4.69) is 15.6 Å². The van der Waals surface area contributed by atoms with Crippen LogP contribution in [-0.4, -0.2) is 22.0 Å². The highest BCUT2D eigenvalue weighted by molar-refractivity contribution is 6.36. The minimum absolute atomic E-state index is 0.129. The first-order valence-electron chi connectivity index (χ1n) is 5.11. The van der Waals surface area contributed by atoms with E-state index in [4.69, 9.17) is 23.2 Å². The van der Waals surface area contributed by atoms with Crippen LogP contribution in [0.2, 0.25) is 10.0 Å². The van der Waals surface area contributed by atoms with Crippen LogP contribution in [0.3, 0.4) is 0 Å². The Bertz CT molecular complexity index is 504. The zero-order valence-corrected chi connectivity index (χ0v) is 11.0. The van der Waals surface area contributed by atoms with Crippen molar-refractivity contribution in [2.45, 2.75) is 6.04 Å². The maximum absolute atomic E-state index is 6.20. The Balaban J connectivity index is 2.53. The number of nitrogens with zero attached hydrogens (tertiary/aromatic N) is 3. The Morgan fingerprint density at radius 2 is 1.94 bits per heavy atom. The van der Waals surface area contributed by atoms with Gasteiger partial charge < -0.3 is 5.32 Å². The first-order valence-corrected chi connectivity index (χ1v) is 5.86.